The van der Waals surface area contributed by atoms with Gasteiger partial charge in [0.15, 0.2) is 0 Å². The summed E-state index contributed by atoms with van der Waals surface area (Å²) in [5.74, 6) is 1.50. The molecule has 3 aromatic heterocycles. The van der Waals surface area contributed by atoms with E-state index in [2.05, 4.69) is 45.5 Å². The second-order valence-corrected chi connectivity index (χ2v) is 6.94. The molecule has 0 aliphatic rings. The van der Waals surface area contributed by atoms with E-state index in [4.69, 9.17) is 0 Å². The molecule has 3 heterocycles. The van der Waals surface area contributed by atoms with E-state index in [0.717, 1.165) is 27.6 Å². The van der Waals surface area contributed by atoms with Gasteiger partial charge in [0.25, 0.3) is 0 Å². The molecule has 7 heteroatoms. The van der Waals surface area contributed by atoms with Gasteiger partial charge in [-0.2, -0.15) is 4.98 Å². The molecule has 0 saturated heterocycles. The minimum atomic E-state index is -0.277. The van der Waals surface area contributed by atoms with Gasteiger partial charge in [-0.15, -0.1) is 22.7 Å². The van der Waals surface area contributed by atoms with Crippen LogP contribution in [-0.4, -0.2) is 21.5 Å². The number of hydrogen-bond donors (Lipinski definition) is 2. The van der Waals surface area contributed by atoms with Crippen LogP contribution < -0.4 is 10.6 Å². The number of hydrogen-bond acceptors (Lipinski definition) is 7. The summed E-state index contributed by atoms with van der Waals surface area (Å²) in [6.45, 7) is 7.05. The Morgan fingerprint density at radius 1 is 1.19 bits per heavy atom. The van der Waals surface area contributed by atoms with Gasteiger partial charge in [0.2, 0.25) is 5.95 Å². The third-order valence-corrected chi connectivity index (χ3v) is 4.96. The highest BCUT2D eigenvalue weighted by Gasteiger charge is 2.25. The Labute approximate surface area is 131 Å². The molecule has 0 spiro atoms. The summed E-state index contributed by atoms with van der Waals surface area (Å²) in [4.78, 5) is 14.5. The highest BCUT2D eigenvalue weighted by Crippen LogP contribution is 2.32. The molecule has 2 N–H and O–H groups in total. The van der Waals surface area contributed by atoms with E-state index in [1.54, 1.807) is 22.7 Å². The van der Waals surface area contributed by atoms with Gasteiger partial charge in [0.05, 0.1) is 10.9 Å². The zero-order chi connectivity index (χ0) is 14.9. The molecule has 0 saturated carbocycles. The van der Waals surface area contributed by atoms with Crippen molar-refractivity contribution in [1.29, 1.82) is 0 Å². The van der Waals surface area contributed by atoms with Crippen molar-refractivity contribution in [2.45, 2.75) is 26.3 Å². The van der Waals surface area contributed by atoms with Crippen LogP contribution in [0.25, 0.3) is 10.2 Å². The molecule has 3 rings (SSSR count). The number of anilines is 2. The maximum absolute atomic E-state index is 4.61. The van der Waals surface area contributed by atoms with Crippen molar-refractivity contribution in [2.75, 3.05) is 17.2 Å². The Hall–Kier alpha value is -1.73. The fraction of sp³-hybridized carbons (Fsp3) is 0.357. The van der Waals surface area contributed by atoms with Crippen molar-refractivity contribution < 1.29 is 0 Å². The molecule has 0 bridgehead atoms. The van der Waals surface area contributed by atoms with Crippen molar-refractivity contribution in [2.24, 2.45) is 0 Å². The number of rotatable bonds is 5. The van der Waals surface area contributed by atoms with E-state index in [9.17, 15) is 0 Å². The van der Waals surface area contributed by atoms with Crippen LogP contribution >= 0.6 is 22.7 Å². The predicted molar refractivity (Wildman–Crippen MR) is 90.3 cm³/mol. The summed E-state index contributed by atoms with van der Waals surface area (Å²) in [6, 6.07) is 2.05. The number of nitrogens with one attached hydrogen (secondary N) is 2. The maximum Gasteiger partial charge on any atom is 0.226 e. The molecule has 0 aliphatic heterocycles. The largest absolute Gasteiger partial charge is 0.358 e. The molecule has 0 atom stereocenters. The molecule has 3 aromatic rings. The highest BCUT2D eigenvalue weighted by atomic mass is 32.1. The monoisotopic (exact) mass is 319 g/mol. The van der Waals surface area contributed by atoms with Crippen molar-refractivity contribution >= 4 is 44.7 Å². The highest BCUT2D eigenvalue weighted by molar-refractivity contribution is 7.16. The van der Waals surface area contributed by atoms with Crippen molar-refractivity contribution in [3.05, 3.63) is 28.0 Å². The Bertz CT molecular complexity index is 733. The minimum absolute atomic E-state index is 0.277. The summed E-state index contributed by atoms with van der Waals surface area (Å²) >= 11 is 3.26. The third kappa shape index (κ3) is 2.84. The van der Waals surface area contributed by atoms with Crippen LogP contribution in [0.1, 0.15) is 25.8 Å². The van der Waals surface area contributed by atoms with Crippen LogP contribution in [-0.2, 0) is 5.54 Å². The van der Waals surface area contributed by atoms with Crippen molar-refractivity contribution in [3.8, 4) is 0 Å². The Morgan fingerprint density at radius 3 is 2.76 bits per heavy atom. The molecule has 0 amide bonds. The lowest BCUT2D eigenvalue weighted by atomic mass is 10.1. The van der Waals surface area contributed by atoms with E-state index in [0.29, 0.717) is 5.95 Å². The van der Waals surface area contributed by atoms with Gasteiger partial charge in [-0.25, -0.2) is 9.97 Å². The SMILES string of the molecule is CCNc1nc(NC(C)(C)c2nccs2)c2ccsc2n1. The van der Waals surface area contributed by atoms with Gasteiger partial charge in [-0.1, -0.05) is 0 Å². The lowest BCUT2D eigenvalue weighted by Gasteiger charge is -2.25. The van der Waals surface area contributed by atoms with Crippen LogP contribution in [0.3, 0.4) is 0 Å². The van der Waals surface area contributed by atoms with Gasteiger partial charge in [-0.05, 0) is 32.2 Å². The van der Waals surface area contributed by atoms with Gasteiger partial charge in [0.1, 0.15) is 15.7 Å². The first-order valence-corrected chi connectivity index (χ1v) is 8.53. The molecule has 0 unspecified atom stereocenters. The molecular formula is C14H17N5S2. The average Bonchev–Trinajstić information content (AvgIpc) is 3.10. The smallest absolute Gasteiger partial charge is 0.226 e. The first kappa shape index (κ1) is 14.2. The molecular weight excluding hydrogens is 302 g/mol. The van der Waals surface area contributed by atoms with Crippen LogP contribution in [0.5, 0.6) is 0 Å². The van der Waals surface area contributed by atoms with E-state index >= 15 is 0 Å². The predicted octanol–water partition coefficient (Wildman–Crippen LogP) is 3.93. The quantitative estimate of drug-likeness (QED) is 0.746. The average molecular weight is 319 g/mol. The maximum atomic E-state index is 4.61. The van der Waals surface area contributed by atoms with Crippen LogP contribution in [0, 0.1) is 0 Å². The molecule has 0 aromatic carbocycles. The van der Waals surface area contributed by atoms with Crippen LogP contribution in [0.15, 0.2) is 23.0 Å². The van der Waals surface area contributed by atoms with E-state index in [-0.39, 0.29) is 5.54 Å². The first-order chi connectivity index (χ1) is 10.1. The van der Waals surface area contributed by atoms with Crippen molar-refractivity contribution in [3.63, 3.8) is 0 Å². The fourth-order valence-electron chi connectivity index (χ4n) is 2.07. The summed E-state index contributed by atoms with van der Waals surface area (Å²) in [6.07, 6.45) is 1.83. The van der Waals surface area contributed by atoms with Crippen molar-refractivity contribution in [1.82, 2.24) is 15.0 Å². The molecule has 21 heavy (non-hydrogen) atoms. The van der Waals surface area contributed by atoms with Gasteiger partial charge in [0, 0.05) is 18.1 Å². The topological polar surface area (TPSA) is 62.7 Å². The van der Waals surface area contributed by atoms with E-state index in [1.807, 2.05) is 23.9 Å². The number of fused-ring (bicyclic) bond motifs is 1. The second kappa shape index (κ2) is 5.57. The lowest BCUT2D eigenvalue weighted by molar-refractivity contribution is 0.602. The Balaban J connectivity index is 2.01. The van der Waals surface area contributed by atoms with Crippen LogP contribution in [0.2, 0.25) is 0 Å². The first-order valence-electron chi connectivity index (χ1n) is 6.77. The summed E-state index contributed by atoms with van der Waals surface area (Å²) in [5, 5.41) is 12.8. The number of thiophene rings is 1. The van der Waals surface area contributed by atoms with E-state index in [1.165, 1.54) is 0 Å². The standard InChI is InChI=1S/C14H17N5S2/c1-4-15-13-17-10(9-5-7-20-11(9)18-13)19-14(2,3)12-16-6-8-21-12/h5-8H,4H2,1-3H3,(H2,15,17,18,19). The number of nitrogens with zero attached hydrogens (tertiary/aromatic N) is 3. The summed E-state index contributed by atoms with van der Waals surface area (Å²) in [5.41, 5.74) is -0.277. The molecule has 110 valence electrons. The third-order valence-electron chi connectivity index (χ3n) is 3.06. The van der Waals surface area contributed by atoms with Crippen LogP contribution in [0.4, 0.5) is 11.8 Å². The molecule has 0 fully saturated rings. The lowest BCUT2D eigenvalue weighted by Crippen LogP contribution is -2.28. The zero-order valence-electron chi connectivity index (χ0n) is 12.2. The van der Waals surface area contributed by atoms with Gasteiger partial charge < -0.3 is 10.6 Å². The zero-order valence-corrected chi connectivity index (χ0v) is 13.8. The number of thiazole rings is 1. The minimum Gasteiger partial charge on any atom is -0.358 e. The molecule has 0 aliphatic carbocycles. The van der Waals surface area contributed by atoms with Gasteiger partial charge in [-0.3, -0.25) is 0 Å². The normalized spacial score (nSPS) is 11.8. The molecule has 5 nitrogen and oxygen atoms in total. The molecule has 0 radical (unpaired) electrons. The Kier molecular flexibility index (Phi) is 3.77. The second-order valence-electron chi connectivity index (χ2n) is 5.15. The van der Waals surface area contributed by atoms with Gasteiger partial charge >= 0.3 is 0 Å². The Morgan fingerprint density at radius 2 is 2.05 bits per heavy atom. The summed E-state index contributed by atoms with van der Waals surface area (Å²) < 4.78 is 0. The van der Waals surface area contributed by atoms with E-state index < -0.39 is 0 Å². The number of aromatic nitrogens is 3. The summed E-state index contributed by atoms with van der Waals surface area (Å²) in [7, 11) is 0. The fourth-order valence-corrected chi connectivity index (χ4v) is 3.55.